The number of aromatic hydroxyl groups is 1. The van der Waals surface area contributed by atoms with Crippen molar-refractivity contribution in [1.82, 2.24) is 0 Å². The fraction of sp³-hybridized carbons (Fsp3) is 0. The Morgan fingerprint density at radius 3 is 2.47 bits per heavy atom. The van der Waals surface area contributed by atoms with E-state index in [4.69, 9.17) is 9.66 Å². The third-order valence-corrected chi connectivity index (χ3v) is 1.99. The zero-order valence-corrected chi connectivity index (χ0v) is 9.09. The van der Waals surface area contributed by atoms with Crippen LogP contribution < -0.4 is 4.18 Å². The van der Waals surface area contributed by atoms with Gasteiger partial charge in [0.1, 0.15) is 0 Å². The van der Waals surface area contributed by atoms with Crippen LogP contribution in [0.25, 0.3) is 6.08 Å². The van der Waals surface area contributed by atoms with Crippen molar-refractivity contribution in [2.75, 3.05) is 0 Å². The summed E-state index contributed by atoms with van der Waals surface area (Å²) in [7, 11) is -4.71. The second-order valence-corrected chi connectivity index (χ2v) is 3.93. The number of phenols is 1. The van der Waals surface area contributed by atoms with Crippen LogP contribution in [0.2, 0.25) is 0 Å². The van der Waals surface area contributed by atoms with Crippen LogP contribution >= 0.6 is 0 Å². The third kappa shape index (κ3) is 4.53. The summed E-state index contributed by atoms with van der Waals surface area (Å²) < 4.78 is 33.2. The van der Waals surface area contributed by atoms with Gasteiger partial charge in [0.15, 0.2) is 11.5 Å². The van der Waals surface area contributed by atoms with Gasteiger partial charge in [-0.05, 0) is 23.8 Å². The first kappa shape index (κ1) is 13.0. The van der Waals surface area contributed by atoms with Crippen molar-refractivity contribution >= 4 is 22.4 Å². The molecule has 0 bridgehead atoms. The monoisotopic (exact) mass is 260 g/mol. The Balaban J connectivity index is 2.98. The van der Waals surface area contributed by atoms with E-state index in [1.54, 1.807) is 0 Å². The minimum absolute atomic E-state index is 0.326. The molecule has 1 aromatic rings. The number of benzene rings is 1. The maximum absolute atomic E-state index is 10.4. The molecule has 0 unspecified atom stereocenters. The lowest BCUT2D eigenvalue weighted by Gasteiger charge is -2.04. The molecule has 1 rings (SSSR count). The van der Waals surface area contributed by atoms with Crippen LogP contribution in [0.5, 0.6) is 11.5 Å². The molecule has 0 aliphatic heterocycles. The predicted octanol–water partition coefficient (Wildman–Crippen LogP) is 0.672. The van der Waals surface area contributed by atoms with Crippen molar-refractivity contribution in [3.8, 4) is 11.5 Å². The average Bonchev–Trinajstić information content (AvgIpc) is 2.17. The number of hydrogen-bond donors (Lipinski definition) is 3. The maximum atomic E-state index is 10.4. The molecule has 0 heterocycles. The number of hydrogen-bond acceptors (Lipinski definition) is 5. The fourth-order valence-electron chi connectivity index (χ4n) is 0.990. The molecule has 0 radical (unpaired) electrons. The van der Waals surface area contributed by atoms with E-state index >= 15 is 0 Å². The van der Waals surface area contributed by atoms with Crippen LogP contribution in [0.3, 0.4) is 0 Å². The highest BCUT2D eigenvalue weighted by Gasteiger charge is 2.11. The van der Waals surface area contributed by atoms with E-state index in [0.717, 1.165) is 18.2 Å². The number of carboxylic acid groups (broad SMARTS) is 1. The Morgan fingerprint density at radius 1 is 1.35 bits per heavy atom. The summed E-state index contributed by atoms with van der Waals surface area (Å²) in [5.41, 5.74) is 0.326. The molecule has 1 aromatic carbocycles. The van der Waals surface area contributed by atoms with Gasteiger partial charge in [-0.25, -0.2) is 4.79 Å². The maximum Gasteiger partial charge on any atom is 0.446 e. The normalized spacial score (nSPS) is 11.6. The van der Waals surface area contributed by atoms with E-state index in [-0.39, 0.29) is 0 Å². The van der Waals surface area contributed by atoms with Gasteiger partial charge in [-0.15, -0.1) is 0 Å². The van der Waals surface area contributed by atoms with Crippen molar-refractivity contribution in [2.24, 2.45) is 0 Å². The first-order valence-electron chi connectivity index (χ1n) is 4.19. The molecule has 0 saturated carbocycles. The number of carbonyl (C=O) groups is 1. The molecular weight excluding hydrogens is 252 g/mol. The molecule has 92 valence electrons. The van der Waals surface area contributed by atoms with E-state index < -0.39 is 27.9 Å². The molecule has 0 saturated heterocycles. The molecular formula is C9H8O7S. The summed E-state index contributed by atoms with van der Waals surface area (Å²) in [6.07, 6.45) is 2.04. The molecule has 0 atom stereocenters. The van der Waals surface area contributed by atoms with E-state index in [1.807, 2.05) is 0 Å². The van der Waals surface area contributed by atoms with Crippen molar-refractivity contribution in [1.29, 1.82) is 0 Å². The second kappa shape index (κ2) is 4.85. The minimum atomic E-state index is -4.71. The molecule has 0 amide bonds. The molecule has 0 spiro atoms. The molecule has 17 heavy (non-hydrogen) atoms. The Hall–Kier alpha value is -2.06. The molecule has 0 aliphatic carbocycles. The molecule has 0 aromatic heterocycles. The summed E-state index contributed by atoms with van der Waals surface area (Å²) >= 11 is 0. The first-order chi connectivity index (χ1) is 7.78. The Labute approximate surface area is 96.5 Å². The largest absolute Gasteiger partial charge is 0.504 e. The molecule has 7 nitrogen and oxygen atoms in total. The highest BCUT2D eigenvalue weighted by molar-refractivity contribution is 7.81. The lowest BCUT2D eigenvalue weighted by atomic mass is 10.2. The van der Waals surface area contributed by atoms with Gasteiger partial charge >= 0.3 is 16.4 Å². The van der Waals surface area contributed by atoms with E-state index in [0.29, 0.717) is 5.56 Å². The van der Waals surface area contributed by atoms with Crippen molar-refractivity contribution in [3.63, 3.8) is 0 Å². The summed E-state index contributed by atoms with van der Waals surface area (Å²) in [5.74, 6) is -2.17. The topological polar surface area (TPSA) is 121 Å². The zero-order chi connectivity index (χ0) is 13.1. The fourth-order valence-corrected chi connectivity index (χ4v) is 1.36. The molecule has 8 heteroatoms. The zero-order valence-electron chi connectivity index (χ0n) is 8.27. The second-order valence-electron chi connectivity index (χ2n) is 2.91. The van der Waals surface area contributed by atoms with E-state index in [9.17, 15) is 18.3 Å². The standard InChI is InChI=1S/C9H8O7S/c10-7-5-6(2-4-9(11)12)1-3-8(7)16-17(13,14)15/h1-5,10H,(H,11,12)(H,13,14,15)/b4-2+. The van der Waals surface area contributed by atoms with Crippen LogP contribution in [0.4, 0.5) is 0 Å². The highest BCUT2D eigenvalue weighted by Crippen LogP contribution is 2.28. The van der Waals surface area contributed by atoms with Gasteiger partial charge in [-0.1, -0.05) is 6.07 Å². The Kier molecular flexibility index (Phi) is 3.71. The van der Waals surface area contributed by atoms with Crippen molar-refractivity contribution < 1.29 is 32.2 Å². The lowest BCUT2D eigenvalue weighted by molar-refractivity contribution is -0.131. The van der Waals surface area contributed by atoms with Crippen molar-refractivity contribution in [3.05, 3.63) is 29.8 Å². The van der Waals surface area contributed by atoms with E-state index in [1.165, 1.54) is 12.1 Å². The lowest BCUT2D eigenvalue weighted by Crippen LogP contribution is -2.06. The predicted molar refractivity (Wildman–Crippen MR) is 57.0 cm³/mol. The van der Waals surface area contributed by atoms with Crippen molar-refractivity contribution in [2.45, 2.75) is 0 Å². The van der Waals surface area contributed by atoms with E-state index in [2.05, 4.69) is 4.18 Å². The number of carboxylic acids is 1. The van der Waals surface area contributed by atoms with Gasteiger partial charge in [-0.3, -0.25) is 4.55 Å². The SMILES string of the molecule is O=C(O)/C=C/c1ccc(OS(=O)(=O)O)c(O)c1. The van der Waals surface area contributed by atoms with Crippen LogP contribution in [-0.2, 0) is 15.2 Å². The van der Waals surface area contributed by atoms with Gasteiger partial charge in [0, 0.05) is 6.08 Å². The summed E-state index contributed by atoms with van der Waals surface area (Å²) in [6, 6.07) is 3.46. The smallest absolute Gasteiger partial charge is 0.446 e. The summed E-state index contributed by atoms with van der Waals surface area (Å²) in [4.78, 5) is 10.2. The first-order valence-corrected chi connectivity index (χ1v) is 5.55. The molecule has 0 aliphatic rings. The van der Waals surface area contributed by atoms with Gasteiger partial charge in [-0.2, -0.15) is 8.42 Å². The summed E-state index contributed by atoms with van der Waals surface area (Å²) in [5, 5.41) is 17.7. The summed E-state index contributed by atoms with van der Waals surface area (Å²) in [6.45, 7) is 0. The van der Waals surface area contributed by atoms with Gasteiger partial charge in [0.2, 0.25) is 0 Å². The van der Waals surface area contributed by atoms with Gasteiger partial charge in [0.05, 0.1) is 0 Å². The number of rotatable bonds is 4. The van der Waals surface area contributed by atoms with Gasteiger partial charge < -0.3 is 14.4 Å². The third-order valence-electron chi connectivity index (χ3n) is 1.60. The number of phenolic OH excluding ortho intramolecular Hbond substituents is 1. The quantitative estimate of drug-likeness (QED) is 0.537. The highest BCUT2D eigenvalue weighted by atomic mass is 32.3. The molecule has 0 fully saturated rings. The minimum Gasteiger partial charge on any atom is -0.504 e. The van der Waals surface area contributed by atoms with Crippen LogP contribution in [0, 0.1) is 0 Å². The van der Waals surface area contributed by atoms with Crippen LogP contribution in [0.15, 0.2) is 24.3 Å². The van der Waals surface area contributed by atoms with Crippen LogP contribution in [-0.4, -0.2) is 29.2 Å². The molecule has 3 N–H and O–H groups in total. The van der Waals surface area contributed by atoms with Crippen LogP contribution in [0.1, 0.15) is 5.56 Å². The average molecular weight is 260 g/mol. The Bertz CT molecular complexity index is 559. The number of aliphatic carboxylic acids is 1. The Morgan fingerprint density at radius 2 is 2.00 bits per heavy atom. The van der Waals surface area contributed by atoms with Gasteiger partial charge in [0.25, 0.3) is 0 Å².